The lowest BCUT2D eigenvalue weighted by Gasteiger charge is -2.36. The van der Waals surface area contributed by atoms with Gasteiger partial charge in [-0.05, 0) is 31.0 Å². The Morgan fingerprint density at radius 3 is 2.95 bits per heavy atom. The Balaban J connectivity index is 1.97. The molecular weight excluding hydrogens is 282 g/mol. The van der Waals surface area contributed by atoms with Crippen LogP contribution in [0, 0.1) is 0 Å². The summed E-state index contributed by atoms with van der Waals surface area (Å²) in [6, 6.07) is 6.30. The van der Waals surface area contributed by atoms with E-state index in [4.69, 9.17) is 10.5 Å². The Hall–Kier alpha value is -1.75. The minimum absolute atomic E-state index is 0.282. The molecule has 0 bridgehead atoms. The second-order valence-corrected chi connectivity index (χ2v) is 6.24. The SMILES string of the molecule is CCCN1CC(CC)Oc2ccc(-c3csc(N)n3)cc21. The number of nitrogens with two attached hydrogens (primary N) is 1. The molecule has 2 heterocycles. The molecular formula is C16H21N3OS. The van der Waals surface area contributed by atoms with Gasteiger partial charge in [0.1, 0.15) is 11.9 Å². The van der Waals surface area contributed by atoms with E-state index in [9.17, 15) is 0 Å². The van der Waals surface area contributed by atoms with Crippen LogP contribution in [-0.4, -0.2) is 24.2 Å². The molecule has 0 saturated carbocycles. The zero-order chi connectivity index (χ0) is 14.8. The van der Waals surface area contributed by atoms with Crippen LogP contribution in [0.5, 0.6) is 5.75 Å². The Morgan fingerprint density at radius 1 is 1.43 bits per heavy atom. The first-order valence-corrected chi connectivity index (χ1v) is 8.36. The van der Waals surface area contributed by atoms with Crippen molar-refractivity contribution < 1.29 is 4.74 Å². The summed E-state index contributed by atoms with van der Waals surface area (Å²) in [6.45, 7) is 6.39. The largest absolute Gasteiger partial charge is 0.486 e. The summed E-state index contributed by atoms with van der Waals surface area (Å²) in [5, 5.41) is 2.61. The zero-order valence-electron chi connectivity index (χ0n) is 12.5. The summed E-state index contributed by atoms with van der Waals surface area (Å²) in [5.74, 6) is 0.980. The fourth-order valence-electron chi connectivity index (χ4n) is 2.70. The van der Waals surface area contributed by atoms with Crippen LogP contribution < -0.4 is 15.4 Å². The Bertz CT molecular complexity index is 626. The molecule has 21 heavy (non-hydrogen) atoms. The predicted molar refractivity (Wildman–Crippen MR) is 89.2 cm³/mol. The second-order valence-electron chi connectivity index (χ2n) is 5.35. The highest BCUT2D eigenvalue weighted by Crippen LogP contribution is 2.38. The van der Waals surface area contributed by atoms with Gasteiger partial charge in [0.05, 0.1) is 17.9 Å². The Morgan fingerprint density at radius 2 is 2.29 bits per heavy atom. The number of hydrogen-bond donors (Lipinski definition) is 1. The normalized spacial score (nSPS) is 17.4. The summed E-state index contributed by atoms with van der Waals surface area (Å²) in [7, 11) is 0. The number of nitrogen functional groups attached to an aromatic ring is 1. The van der Waals surface area contributed by atoms with E-state index in [1.165, 1.54) is 17.0 Å². The molecule has 0 saturated heterocycles. The van der Waals surface area contributed by atoms with Crippen molar-refractivity contribution in [1.82, 2.24) is 4.98 Å². The van der Waals surface area contributed by atoms with E-state index in [0.29, 0.717) is 5.13 Å². The van der Waals surface area contributed by atoms with Gasteiger partial charge in [-0.15, -0.1) is 11.3 Å². The zero-order valence-corrected chi connectivity index (χ0v) is 13.3. The Kier molecular flexibility index (Phi) is 4.01. The van der Waals surface area contributed by atoms with E-state index in [-0.39, 0.29) is 6.10 Å². The van der Waals surface area contributed by atoms with Crippen LogP contribution in [0.4, 0.5) is 10.8 Å². The number of rotatable bonds is 4. The molecule has 1 aromatic heterocycles. The maximum atomic E-state index is 6.07. The van der Waals surface area contributed by atoms with E-state index in [0.717, 1.165) is 42.9 Å². The molecule has 5 heteroatoms. The third-order valence-electron chi connectivity index (χ3n) is 3.78. The molecule has 0 aliphatic carbocycles. The molecule has 112 valence electrons. The van der Waals surface area contributed by atoms with E-state index in [2.05, 4.69) is 41.9 Å². The lowest BCUT2D eigenvalue weighted by Crippen LogP contribution is -2.40. The number of benzene rings is 1. The third-order valence-corrected chi connectivity index (χ3v) is 4.46. The van der Waals surface area contributed by atoms with Gasteiger partial charge in [0.15, 0.2) is 5.13 Å². The molecule has 0 spiro atoms. The lowest BCUT2D eigenvalue weighted by molar-refractivity contribution is 0.189. The molecule has 1 aromatic carbocycles. The first kappa shape index (κ1) is 14.2. The van der Waals surface area contributed by atoms with Gasteiger partial charge in [-0.1, -0.05) is 13.8 Å². The quantitative estimate of drug-likeness (QED) is 0.934. The van der Waals surface area contributed by atoms with Crippen LogP contribution in [0.15, 0.2) is 23.6 Å². The molecule has 1 atom stereocenters. The fraction of sp³-hybridized carbons (Fsp3) is 0.438. The summed E-state index contributed by atoms with van der Waals surface area (Å²) in [5.41, 5.74) is 8.95. The summed E-state index contributed by atoms with van der Waals surface area (Å²) in [6.07, 6.45) is 2.44. The highest BCUT2D eigenvalue weighted by atomic mass is 32.1. The van der Waals surface area contributed by atoms with Crippen molar-refractivity contribution in [2.75, 3.05) is 23.7 Å². The van der Waals surface area contributed by atoms with Crippen LogP contribution in [0.3, 0.4) is 0 Å². The molecule has 3 rings (SSSR count). The minimum Gasteiger partial charge on any atom is -0.486 e. The highest BCUT2D eigenvalue weighted by molar-refractivity contribution is 7.13. The van der Waals surface area contributed by atoms with E-state index >= 15 is 0 Å². The van der Waals surface area contributed by atoms with Crippen LogP contribution in [0.1, 0.15) is 26.7 Å². The van der Waals surface area contributed by atoms with Crippen molar-refractivity contribution in [1.29, 1.82) is 0 Å². The first-order chi connectivity index (χ1) is 10.2. The standard InChI is InChI=1S/C16H21N3OS/c1-3-7-19-9-12(4-2)20-15-6-5-11(8-14(15)19)13-10-21-16(17)18-13/h5-6,8,10,12H,3-4,7,9H2,1-2H3,(H2,17,18). The van der Waals surface area contributed by atoms with E-state index in [1.807, 2.05) is 5.38 Å². The lowest BCUT2D eigenvalue weighted by atomic mass is 10.1. The maximum absolute atomic E-state index is 6.07. The monoisotopic (exact) mass is 303 g/mol. The van der Waals surface area contributed by atoms with Crippen LogP contribution in [0.25, 0.3) is 11.3 Å². The Labute approximate surface area is 129 Å². The number of aromatic nitrogens is 1. The van der Waals surface area contributed by atoms with Gasteiger partial charge in [0.2, 0.25) is 0 Å². The number of ether oxygens (including phenoxy) is 1. The van der Waals surface area contributed by atoms with Crippen LogP contribution in [0.2, 0.25) is 0 Å². The van der Waals surface area contributed by atoms with E-state index < -0.39 is 0 Å². The summed E-state index contributed by atoms with van der Waals surface area (Å²) >= 11 is 1.47. The van der Waals surface area contributed by atoms with Crippen molar-refractivity contribution in [3.05, 3.63) is 23.6 Å². The molecule has 1 aliphatic heterocycles. The van der Waals surface area contributed by atoms with Gasteiger partial charge < -0.3 is 15.4 Å². The third kappa shape index (κ3) is 2.83. The molecule has 0 fully saturated rings. The fourth-order valence-corrected chi connectivity index (χ4v) is 3.27. The minimum atomic E-state index is 0.282. The van der Waals surface area contributed by atoms with Crippen molar-refractivity contribution in [3.63, 3.8) is 0 Å². The number of thiazole rings is 1. The first-order valence-electron chi connectivity index (χ1n) is 7.48. The predicted octanol–water partition coefficient (Wildman–Crippen LogP) is 3.78. The molecule has 2 aromatic rings. The van der Waals surface area contributed by atoms with Gasteiger partial charge in [-0.25, -0.2) is 4.98 Å². The van der Waals surface area contributed by atoms with Crippen LogP contribution >= 0.6 is 11.3 Å². The molecule has 2 N–H and O–H groups in total. The van der Waals surface area contributed by atoms with Crippen molar-refractivity contribution in [2.24, 2.45) is 0 Å². The second kappa shape index (κ2) is 5.93. The van der Waals surface area contributed by atoms with Gasteiger partial charge in [-0.2, -0.15) is 0 Å². The summed E-state index contributed by atoms with van der Waals surface area (Å²) in [4.78, 5) is 6.79. The highest BCUT2D eigenvalue weighted by Gasteiger charge is 2.24. The number of nitrogens with zero attached hydrogens (tertiary/aromatic N) is 2. The maximum Gasteiger partial charge on any atom is 0.180 e. The number of fused-ring (bicyclic) bond motifs is 1. The van der Waals surface area contributed by atoms with Crippen LogP contribution in [-0.2, 0) is 0 Å². The molecule has 0 radical (unpaired) electrons. The van der Waals surface area contributed by atoms with Gasteiger partial charge in [0.25, 0.3) is 0 Å². The summed E-state index contributed by atoms with van der Waals surface area (Å²) < 4.78 is 6.07. The van der Waals surface area contributed by atoms with Gasteiger partial charge in [-0.3, -0.25) is 0 Å². The van der Waals surface area contributed by atoms with Crippen molar-refractivity contribution >= 4 is 22.2 Å². The van der Waals surface area contributed by atoms with Gasteiger partial charge in [0, 0.05) is 17.5 Å². The van der Waals surface area contributed by atoms with Gasteiger partial charge >= 0.3 is 0 Å². The number of anilines is 2. The van der Waals surface area contributed by atoms with Crippen molar-refractivity contribution in [2.45, 2.75) is 32.8 Å². The average molecular weight is 303 g/mol. The smallest absolute Gasteiger partial charge is 0.180 e. The number of hydrogen-bond acceptors (Lipinski definition) is 5. The molecule has 1 aliphatic rings. The average Bonchev–Trinajstić information content (AvgIpc) is 2.93. The molecule has 0 amide bonds. The molecule has 4 nitrogen and oxygen atoms in total. The molecule has 1 unspecified atom stereocenters. The van der Waals surface area contributed by atoms with Crippen molar-refractivity contribution in [3.8, 4) is 17.0 Å². The topological polar surface area (TPSA) is 51.4 Å². The van der Waals surface area contributed by atoms with E-state index in [1.54, 1.807) is 0 Å².